The van der Waals surface area contributed by atoms with E-state index in [0.29, 0.717) is 11.9 Å². The molecule has 2 aromatic carbocycles. The van der Waals surface area contributed by atoms with Gasteiger partial charge in [0, 0.05) is 3.57 Å². The van der Waals surface area contributed by atoms with Crippen molar-refractivity contribution < 1.29 is 0 Å². The molecule has 1 heterocycles. The third-order valence-electron chi connectivity index (χ3n) is 3.03. The van der Waals surface area contributed by atoms with Gasteiger partial charge in [0.2, 0.25) is 0 Å². The van der Waals surface area contributed by atoms with Crippen LogP contribution in [0.1, 0.15) is 5.56 Å². The van der Waals surface area contributed by atoms with Crippen LogP contribution in [0.4, 0.5) is 0 Å². The van der Waals surface area contributed by atoms with E-state index in [9.17, 15) is 4.79 Å². The summed E-state index contributed by atoms with van der Waals surface area (Å²) < 4.78 is 2.81. The van der Waals surface area contributed by atoms with E-state index in [1.165, 1.54) is 0 Å². The topological polar surface area (TPSA) is 34.9 Å². The highest BCUT2D eigenvalue weighted by molar-refractivity contribution is 14.1. The van der Waals surface area contributed by atoms with Gasteiger partial charge in [-0.3, -0.25) is 9.36 Å². The standard InChI is InChI=1S/C15H11IN2O/c16-13-7-3-1-5-11(13)9-18-10-17-14-8-4-2-6-12(14)15(18)19/h1-8,10H,9H2. The third kappa shape index (κ3) is 2.40. The van der Waals surface area contributed by atoms with E-state index in [4.69, 9.17) is 0 Å². The van der Waals surface area contributed by atoms with Crippen LogP contribution < -0.4 is 5.56 Å². The summed E-state index contributed by atoms with van der Waals surface area (Å²) in [5, 5.41) is 0.663. The van der Waals surface area contributed by atoms with Crippen molar-refractivity contribution in [2.75, 3.05) is 0 Å². The SMILES string of the molecule is O=c1c2ccccc2ncn1Cc1ccccc1I. The molecule has 4 heteroatoms. The Morgan fingerprint density at radius 3 is 2.63 bits per heavy atom. The molecule has 0 aliphatic rings. The van der Waals surface area contributed by atoms with Crippen molar-refractivity contribution in [3.05, 3.63) is 74.3 Å². The number of fused-ring (bicyclic) bond motifs is 1. The zero-order valence-electron chi connectivity index (χ0n) is 10.1. The highest BCUT2D eigenvalue weighted by Gasteiger charge is 2.05. The molecule has 0 spiro atoms. The Bertz CT molecular complexity index is 795. The number of nitrogens with zero attached hydrogens (tertiary/aromatic N) is 2. The lowest BCUT2D eigenvalue weighted by Crippen LogP contribution is -2.21. The Morgan fingerprint density at radius 1 is 1.05 bits per heavy atom. The van der Waals surface area contributed by atoms with E-state index in [2.05, 4.69) is 27.6 Å². The second-order valence-corrected chi connectivity index (χ2v) is 5.45. The average Bonchev–Trinajstić information content (AvgIpc) is 2.44. The summed E-state index contributed by atoms with van der Waals surface area (Å²) in [6.45, 7) is 0.551. The minimum Gasteiger partial charge on any atom is -0.294 e. The summed E-state index contributed by atoms with van der Waals surface area (Å²) in [5.74, 6) is 0. The van der Waals surface area contributed by atoms with Crippen LogP contribution in [-0.4, -0.2) is 9.55 Å². The Morgan fingerprint density at radius 2 is 1.79 bits per heavy atom. The number of hydrogen-bond acceptors (Lipinski definition) is 2. The lowest BCUT2D eigenvalue weighted by atomic mass is 10.2. The molecule has 19 heavy (non-hydrogen) atoms. The molecule has 0 aliphatic carbocycles. The minimum atomic E-state index is 0.00486. The Hall–Kier alpha value is -1.69. The zero-order valence-corrected chi connectivity index (χ0v) is 12.2. The summed E-state index contributed by atoms with van der Waals surface area (Å²) in [6.07, 6.45) is 1.62. The number of hydrogen-bond donors (Lipinski definition) is 0. The number of rotatable bonds is 2. The van der Waals surface area contributed by atoms with Gasteiger partial charge in [0.05, 0.1) is 23.8 Å². The smallest absolute Gasteiger partial charge is 0.261 e. The molecule has 0 unspecified atom stereocenters. The van der Waals surface area contributed by atoms with Crippen molar-refractivity contribution in [2.45, 2.75) is 6.54 Å². The number of para-hydroxylation sites is 1. The predicted molar refractivity (Wildman–Crippen MR) is 84.3 cm³/mol. The van der Waals surface area contributed by atoms with Crippen molar-refractivity contribution >= 4 is 33.5 Å². The lowest BCUT2D eigenvalue weighted by Gasteiger charge is -2.08. The van der Waals surface area contributed by atoms with E-state index >= 15 is 0 Å². The van der Waals surface area contributed by atoms with Gasteiger partial charge in [0.15, 0.2) is 0 Å². The first-order chi connectivity index (χ1) is 9.25. The molecule has 0 saturated carbocycles. The molecule has 0 radical (unpaired) electrons. The predicted octanol–water partition coefficient (Wildman–Crippen LogP) is 3.05. The molecule has 0 aliphatic heterocycles. The molecule has 3 aromatic rings. The van der Waals surface area contributed by atoms with Gasteiger partial charge in [0.1, 0.15) is 0 Å². The van der Waals surface area contributed by atoms with Crippen LogP contribution in [0.15, 0.2) is 59.7 Å². The van der Waals surface area contributed by atoms with Crippen molar-refractivity contribution in [1.29, 1.82) is 0 Å². The van der Waals surface area contributed by atoms with Crippen LogP contribution in [-0.2, 0) is 6.54 Å². The summed E-state index contributed by atoms with van der Waals surface area (Å²) in [7, 11) is 0. The van der Waals surface area contributed by atoms with Crippen LogP contribution in [0.2, 0.25) is 0 Å². The van der Waals surface area contributed by atoms with Crippen molar-refractivity contribution in [1.82, 2.24) is 9.55 Å². The van der Waals surface area contributed by atoms with Gasteiger partial charge in [-0.15, -0.1) is 0 Å². The molecule has 3 nitrogen and oxygen atoms in total. The fourth-order valence-electron chi connectivity index (χ4n) is 2.03. The van der Waals surface area contributed by atoms with Crippen molar-refractivity contribution in [2.24, 2.45) is 0 Å². The van der Waals surface area contributed by atoms with Gasteiger partial charge in [-0.25, -0.2) is 4.98 Å². The van der Waals surface area contributed by atoms with Gasteiger partial charge in [-0.1, -0.05) is 30.3 Å². The van der Waals surface area contributed by atoms with Crippen molar-refractivity contribution in [3.8, 4) is 0 Å². The summed E-state index contributed by atoms with van der Waals surface area (Å²) in [5.41, 5.74) is 1.87. The van der Waals surface area contributed by atoms with Gasteiger partial charge < -0.3 is 0 Å². The van der Waals surface area contributed by atoms with E-state index < -0.39 is 0 Å². The van der Waals surface area contributed by atoms with Gasteiger partial charge in [-0.2, -0.15) is 0 Å². The second-order valence-electron chi connectivity index (χ2n) is 4.29. The molecule has 0 N–H and O–H groups in total. The van der Waals surface area contributed by atoms with Crippen LogP contribution >= 0.6 is 22.6 Å². The maximum atomic E-state index is 12.4. The molecular weight excluding hydrogens is 351 g/mol. The number of halogens is 1. The Labute approximate surface area is 124 Å². The van der Waals surface area contributed by atoms with Crippen LogP contribution in [0.5, 0.6) is 0 Å². The molecule has 1 aromatic heterocycles. The molecule has 94 valence electrons. The monoisotopic (exact) mass is 362 g/mol. The first-order valence-corrected chi connectivity index (χ1v) is 7.01. The first kappa shape index (κ1) is 12.3. The molecule has 0 saturated heterocycles. The fourth-order valence-corrected chi connectivity index (χ4v) is 2.59. The Balaban J connectivity index is 2.10. The third-order valence-corrected chi connectivity index (χ3v) is 4.08. The van der Waals surface area contributed by atoms with Crippen LogP contribution in [0.25, 0.3) is 10.9 Å². The van der Waals surface area contributed by atoms with Gasteiger partial charge in [-0.05, 0) is 46.4 Å². The first-order valence-electron chi connectivity index (χ1n) is 5.93. The maximum absolute atomic E-state index is 12.4. The molecule has 0 bridgehead atoms. The zero-order chi connectivity index (χ0) is 13.2. The van der Waals surface area contributed by atoms with Crippen molar-refractivity contribution in [3.63, 3.8) is 0 Å². The lowest BCUT2D eigenvalue weighted by molar-refractivity contribution is 0.745. The second kappa shape index (κ2) is 5.13. The molecule has 3 rings (SSSR count). The summed E-state index contributed by atoms with van der Waals surface area (Å²) in [6, 6.07) is 15.5. The van der Waals surface area contributed by atoms with E-state index in [-0.39, 0.29) is 5.56 Å². The van der Waals surface area contributed by atoms with E-state index in [1.807, 2.05) is 48.5 Å². The normalized spacial score (nSPS) is 10.8. The number of benzene rings is 2. The quantitative estimate of drug-likeness (QED) is 0.657. The maximum Gasteiger partial charge on any atom is 0.261 e. The highest BCUT2D eigenvalue weighted by atomic mass is 127. The molecule has 0 fully saturated rings. The number of aromatic nitrogens is 2. The highest BCUT2D eigenvalue weighted by Crippen LogP contribution is 2.12. The molecular formula is C15H11IN2O. The van der Waals surface area contributed by atoms with Gasteiger partial charge in [0.25, 0.3) is 5.56 Å². The fraction of sp³-hybridized carbons (Fsp3) is 0.0667. The molecule has 0 atom stereocenters. The van der Waals surface area contributed by atoms with Crippen LogP contribution in [0, 0.1) is 3.57 Å². The average molecular weight is 362 g/mol. The Kier molecular flexibility index (Phi) is 3.33. The largest absolute Gasteiger partial charge is 0.294 e. The van der Waals surface area contributed by atoms with E-state index in [0.717, 1.165) is 14.7 Å². The minimum absolute atomic E-state index is 0.00486. The van der Waals surface area contributed by atoms with Gasteiger partial charge >= 0.3 is 0 Å². The van der Waals surface area contributed by atoms with Crippen LogP contribution in [0.3, 0.4) is 0 Å². The molecule has 0 amide bonds. The summed E-state index contributed by atoms with van der Waals surface area (Å²) in [4.78, 5) is 16.7. The summed E-state index contributed by atoms with van der Waals surface area (Å²) >= 11 is 2.28. The van der Waals surface area contributed by atoms with E-state index in [1.54, 1.807) is 10.9 Å².